The number of hydrogen-bond donors (Lipinski definition) is 6. The summed E-state index contributed by atoms with van der Waals surface area (Å²) < 4.78 is 0. The zero-order valence-electron chi connectivity index (χ0n) is 18.0. The minimum absolute atomic E-state index is 0.0161. The van der Waals surface area contributed by atoms with E-state index in [9.17, 15) is 19.5 Å². The van der Waals surface area contributed by atoms with Gasteiger partial charge in [0, 0.05) is 30.8 Å². The highest BCUT2D eigenvalue weighted by atomic mass is 35.5. The average Bonchev–Trinajstić information content (AvgIpc) is 2.82. The lowest BCUT2D eigenvalue weighted by molar-refractivity contribution is -0.137. The number of benzene rings is 2. The van der Waals surface area contributed by atoms with E-state index in [1.54, 1.807) is 24.3 Å². The maximum Gasteiger partial charge on any atom is 0.303 e. The van der Waals surface area contributed by atoms with Gasteiger partial charge in [0.2, 0.25) is 5.91 Å². The van der Waals surface area contributed by atoms with Crippen LogP contribution in [0.4, 0.5) is 11.4 Å². The Morgan fingerprint density at radius 2 is 1.97 bits per heavy atom. The number of amides is 2. The second-order valence-corrected chi connectivity index (χ2v) is 8.18. The van der Waals surface area contributed by atoms with Crippen molar-refractivity contribution in [2.75, 3.05) is 30.3 Å². The molecule has 0 aromatic heterocycles. The molecule has 10 nitrogen and oxygen atoms in total. The molecule has 1 aliphatic rings. The monoisotopic (exact) mass is 507 g/mol. The number of phenolic OH excluding ortho intramolecular Hbond substituents is 1. The smallest absolute Gasteiger partial charge is 0.303 e. The molecule has 1 aliphatic heterocycles. The van der Waals surface area contributed by atoms with Crippen molar-refractivity contribution in [3.63, 3.8) is 0 Å². The van der Waals surface area contributed by atoms with Crippen molar-refractivity contribution in [2.24, 2.45) is 4.99 Å². The quantitative estimate of drug-likeness (QED) is 0.321. The van der Waals surface area contributed by atoms with E-state index in [1.807, 2.05) is 0 Å². The Labute approximate surface area is 205 Å². The van der Waals surface area contributed by atoms with Crippen molar-refractivity contribution >= 4 is 58.3 Å². The van der Waals surface area contributed by atoms with Crippen molar-refractivity contribution in [1.82, 2.24) is 10.6 Å². The number of aryl methyl sites for hydroxylation is 1. The lowest BCUT2D eigenvalue weighted by Gasteiger charge is -2.16. The van der Waals surface area contributed by atoms with Crippen LogP contribution in [0.25, 0.3) is 0 Å². The predicted molar refractivity (Wildman–Crippen MR) is 130 cm³/mol. The molecule has 0 aliphatic carbocycles. The van der Waals surface area contributed by atoms with Gasteiger partial charge in [-0.25, -0.2) is 0 Å². The normalized spacial score (nSPS) is 12.8. The van der Waals surface area contributed by atoms with Crippen LogP contribution in [0.5, 0.6) is 5.75 Å². The second kappa shape index (κ2) is 11.6. The number of carboxylic acids is 1. The molecule has 2 aromatic carbocycles. The van der Waals surface area contributed by atoms with Gasteiger partial charge in [0.05, 0.1) is 17.3 Å². The molecule has 0 unspecified atom stereocenters. The van der Waals surface area contributed by atoms with E-state index < -0.39 is 17.8 Å². The number of carboxylic acid groups (broad SMARTS) is 1. The third kappa shape index (κ3) is 6.75. The summed E-state index contributed by atoms with van der Waals surface area (Å²) in [5.74, 6) is -1.87. The van der Waals surface area contributed by atoms with Crippen LogP contribution >= 0.6 is 23.2 Å². The highest BCUT2D eigenvalue weighted by Gasteiger charge is 2.18. The molecular formula is C22H23Cl2N5O5. The third-order valence-corrected chi connectivity index (χ3v) is 5.50. The molecule has 0 radical (unpaired) electrons. The van der Waals surface area contributed by atoms with Gasteiger partial charge < -0.3 is 31.5 Å². The number of hydrogen-bond acceptors (Lipinski definition) is 7. The van der Waals surface area contributed by atoms with E-state index in [-0.39, 0.29) is 46.4 Å². The Balaban J connectivity index is 1.59. The van der Waals surface area contributed by atoms with Crippen LogP contribution in [0.15, 0.2) is 35.3 Å². The molecule has 12 heteroatoms. The van der Waals surface area contributed by atoms with Gasteiger partial charge in [-0.3, -0.25) is 19.4 Å². The molecule has 180 valence electrons. The molecule has 6 N–H and O–H groups in total. The van der Waals surface area contributed by atoms with Crippen molar-refractivity contribution < 1.29 is 24.6 Å². The topological polar surface area (TPSA) is 152 Å². The Bertz CT molecular complexity index is 1140. The number of aliphatic carboxylic acids is 1. The number of carbonyl (C=O) groups is 3. The first-order chi connectivity index (χ1) is 16.2. The standard InChI is InChI=1S/C22H23Cl2N5O5/c23-15-10-12(5-6-17(31)32)20(33)18(24)19(15)29-16(30)11-27-21(34)13-3-1-4-14(9-13)28-22-25-7-2-8-26-22/h1,3-4,9-10,33H,2,5-8,11H2,(H,27,34)(H,29,30)(H,31,32)(H2,25,26,28). The Morgan fingerprint density at radius 1 is 1.18 bits per heavy atom. The second-order valence-electron chi connectivity index (χ2n) is 7.40. The summed E-state index contributed by atoms with van der Waals surface area (Å²) in [6, 6.07) is 8.07. The maximum atomic E-state index is 12.5. The minimum atomic E-state index is -1.04. The molecule has 0 spiro atoms. The van der Waals surface area contributed by atoms with Crippen LogP contribution in [-0.4, -0.2) is 53.6 Å². The number of guanidine groups is 1. The zero-order chi connectivity index (χ0) is 24.7. The van der Waals surface area contributed by atoms with E-state index in [1.165, 1.54) is 6.07 Å². The molecule has 2 amide bonds. The lowest BCUT2D eigenvalue weighted by atomic mass is 10.1. The number of halogens is 2. The molecular weight excluding hydrogens is 485 g/mol. The first kappa shape index (κ1) is 25.1. The molecule has 2 aromatic rings. The molecule has 0 saturated carbocycles. The number of aliphatic imine (C=N–C) groups is 1. The van der Waals surface area contributed by atoms with E-state index in [2.05, 4.69) is 26.3 Å². The summed E-state index contributed by atoms with van der Waals surface area (Å²) in [6.07, 6.45) is 0.752. The number of aromatic hydroxyl groups is 1. The van der Waals surface area contributed by atoms with Crippen LogP contribution in [-0.2, 0) is 16.0 Å². The van der Waals surface area contributed by atoms with Gasteiger partial charge in [-0.2, -0.15) is 0 Å². The van der Waals surface area contributed by atoms with Gasteiger partial charge >= 0.3 is 5.97 Å². The Hall–Kier alpha value is -3.50. The average molecular weight is 508 g/mol. The van der Waals surface area contributed by atoms with Gasteiger partial charge in [-0.1, -0.05) is 29.3 Å². The zero-order valence-corrected chi connectivity index (χ0v) is 19.5. The Morgan fingerprint density at radius 3 is 2.68 bits per heavy atom. The molecule has 3 rings (SSSR count). The third-order valence-electron chi connectivity index (χ3n) is 4.84. The first-order valence-corrected chi connectivity index (χ1v) is 11.1. The van der Waals surface area contributed by atoms with Gasteiger partial charge in [0.1, 0.15) is 10.8 Å². The van der Waals surface area contributed by atoms with E-state index in [0.29, 0.717) is 17.2 Å². The van der Waals surface area contributed by atoms with Crippen molar-refractivity contribution in [2.45, 2.75) is 19.3 Å². The molecule has 0 fully saturated rings. The lowest BCUT2D eigenvalue weighted by Crippen LogP contribution is -2.35. The molecule has 0 atom stereocenters. The van der Waals surface area contributed by atoms with Crippen LogP contribution in [0, 0.1) is 0 Å². The number of rotatable bonds is 8. The predicted octanol–water partition coefficient (Wildman–Crippen LogP) is 2.85. The van der Waals surface area contributed by atoms with Gasteiger partial charge in [-0.15, -0.1) is 0 Å². The van der Waals surface area contributed by atoms with E-state index >= 15 is 0 Å². The van der Waals surface area contributed by atoms with Gasteiger partial charge in [0.15, 0.2) is 5.96 Å². The highest BCUT2D eigenvalue weighted by Crippen LogP contribution is 2.40. The van der Waals surface area contributed by atoms with E-state index in [4.69, 9.17) is 28.3 Å². The number of carbonyl (C=O) groups excluding carboxylic acids is 2. The largest absolute Gasteiger partial charge is 0.506 e. The number of anilines is 2. The molecule has 1 heterocycles. The van der Waals surface area contributed by atoms with Crippen molar-refractivity contribution in [3.05, 3.63) is 51.5 Å². The maximum absolute atomic E-state index is 12.5. The minimum Gasteiger partial charge on any atom is -0.506 e. The van der Waals surface area contributed by atoms with Crippen LogP contribution < -0.4 is 21.3 Å². The summed E-state index contributed by atoms with van der Waals surface area (Å²) in [6.45, 7) is 1.17. The van der Waals surface area contributed by atoms with Crippen molar-refractivity contribution in [3.8, 4) is 5.75 Å². The molecule has 0 saturated heterocycles. The number of nitrogens with one attached hydrogen (secondary N) is 4. The number of phenols is 1. The van der Waals surface area contributed by atoms with Crippen LogP contribution in [0.1, 0.15) is 28.8 Å². The fourth-order valence-corrected chi connectivity index (χ4v) is 3.73. The fraction of sp³-hybridized carbons (Fsp3) is 0.273. The summed E-state index contributed by atoms with van der Waals surface area (Å²) in [5, 5.41) is 30.0. The van der Waals surface area contributed by atoms with Gasteiger partial charge in [-0.05, 0) is 42.7 Å². The van der Waals surface area contributed by atoms with Crippen molar-refractivity contribution in [1.29, 1.82) is 0 Å². The molecule has 0 bridgehead atoms. The number of nitrogens with zero attached hydrogens (tertiary/aromatic N) is 1. The first-order valence-electron chi connectivity index (χ1n) is 10.4. The summed E-state index contributed by atoms with van der Waals surface area (Å²) >= 11 is 12.3. The van der Waals surface area contributed by atoms with Crippen LogP contribution in [0.3, 0.4) is 0 Å². The summed E-state index contributed by atoms with van der Waals surface area (Å²) in [4.78, 5) is 39.9. The molecule has 34 heavy (non-hydrogen) atoms. The van der Waals surface area contributed by atoms with Gasteiger partial charge in [0.25, 0.3) is 5.91 Å². The Kier molecular flexibility index (Phi) is 8.55. The highest BCUT2D eigenvalue weighted by molar-refractivity contribution is 6.41. The van der Waals surface area contributed by atoms with E-state index in [0.717, 1.165) is 19.5 Å². The SMILES string of the molecule is O=C(O)CCc1cc(Cl)c(NC(=O)CNC(=O)c2cccc(NC3=NCCCN3)c2)c(Cl)c1O. The summed E-state index contributed by atoms with van der Waals surface area (Å²) in [5.41, 5.74) is 1.21. The van der Waals surface area contributed by atoms with Crippen LogP contribution in [0.2, 0.25) is 10.0 Å². The summed E-state index contributed by atoms with van der Waals surface area (Å²) in [7, 11) is 0. The fourth-order valence-electron chi connectivity index (χ4n) is 3.14.